The van der Waals surface area contributed by atoms with Crippen LogP contribution in [0.25, 0.3) is 0 Å². The predicted octanol–water partition coefficient (Wildman–Crippen LogP) is 2.42. The molecule has 0 radical (unpaired) electrons. The molecule has 142 valence electrons. The Kier molecular flexibility index (Phi) is 5.56. The lowest BCUT2D eigenvalue weighted by Gasteiger charge is -2.36. The fourth-order valence-electron chi connectivity index (χ4n) is 4.62. The molecule has 2 saturated heterocycles. The molecule has 2 heterocycles. The minimum Gasteiger partial charge on any atom is -0.444 e. The zero-order valence-corrected chi connectivity index (χ0v) is 15.8. The number of piperidine rings is 1. The van der Waals surface area contributed by atoms with Gasteiger partial charge in [-0.15, -0.1) is 0 Å². The first-order chi connectivity index (χ1) is 11.8. The van der Waals surface area contributed by atoms with Gasteiger partial charge in [0.25, 0.3) is 0 Å². The molecule has 25 heavy (non-hydrogen) atoms. The molecule has 2 aliphatic heterocycles. The summed E-state index contributed by atoms with van der Waals surface area (Å²) in [6, 6.07) is 1.08. The molecule has 0 spiro atoms. The van der Waals surface area contributed by atoms with Crippen molar-refractivity contribution in [3.05, 3.63) is 0 Å². The third kappa shape index (κ3) is 4.66. The molecule has 0 bridgehead atoms. The number of nitrogens with one attached hydrogen (secondary N) is 2. The third-order valence-corrected chi connectivity index (χ3v) is 5.71. The molecule has 2 N–H and O–H groups in total. The largest absolute Gasteiger partial charge is 0.444 e. The maximum absolute atomic E-state index is 12.6. The Labute approximate surface area is 151 Å². The fourth-order valence-corrected chi connectivity index (χ4v) is 4.62. The quantitative estimate of drug-likeness (QED) is 0.819. The smallest absolute Gasteiger partial charge is 0.410 e. The van der Waals surface area contributed by atoms with Gasteiger partial charge in [0.2, 0.25) is 5.91 Å². The van der Waals surface area contributed by atoms with E-state index in [1.54, 1.807) is 0 Å². The number of amides is 2. The summed E-state index contributed by atoms with van der Waals surface area (Å²) in [4.78, 5) is 25.9. The van der Waals surface area contributed by atoms with E-state index >= 15 is 0 Å². The lowest BCUT2D eigenvalue weighted by molar-refractivity contribution is -0.122. The van der Waals surface area contributed by atoms with Crippen LogP contribution in [-0.4, -0.2) is 53.7 Å². The van der Waals surface area contributed by atoms with Crippen molar-refractivity contribution in [3.63, 3.8) is 0 Å². The van der Waals surface area contributed by atoms with Crippen molar-refractivity contribution in [3.8, 4) is 0 Å². The first-order valence-electron chi connectivity index (χ1n) is 9.86. The second kappa shape index (κ2) is 7.52. The number of carbonyl (C=O) groups is 2. The first kappa shape index (κ1) is 18.5. The topological polar surface area (TPSA) is 70.7 Å². The summed E-state index contributed by atoms with van der Waals surface area (Å²) >= 11 is 0. The highest BCUT2D eigenvalue weighted by Crippen LogP contribution is 2.37. The monoisotopic (exact) mass is 351 g/mol. The standard InChI is InChI=1S/C19H33N3O3/c1-19(2,3)25-18(24)22-11-5-8-16(22)14-6-4-7-15(14)21-13-9-10-17(23)20-12-13/h13-16,21H,4-12H2,1-3H3,(H,20,23). The summed E-state index contributed by atoms with van der Waals surface area (Å²) in [7, 11) is 0. The van der Waals surface area contributed by atoms with Crippen molar-refractivity contribution in [2.75, 3.05) is 13.1 Å². The number of carbonyl (C=O) groups excluding carboxylic acids is 2. The predicted molar refractivity (Wildman–Crippen MR) is 96.3 cm³/mol. The van der Waals surface area contributed by atoms with E-state index in [0.717, 1.165) is 38.8 Å². The molecule has 0 aromatic carbocycles. The van der Waals surface area contributed by atoms with Crippen LogP contribution in [-0.2, 0) is 9.53 Å². The lowest BCUT2D eigenvalue weighted by atomic mass is 9.91. The molecule has 0 aromatic heterocycles. The van der Waals surface area contributed by atoms with Gasteiger partial charge >= 0.3 is 6.09 Å². The molecule has 2 amide bonds. The van der Waals surface area contributed by atoms with E-state index in [4.69, 9.17) is 4.74 Å². The summed E-state index contributed by atoms with van der Waals surface area (Å²) in [5, 5.41) is 6.74. The number of rotatable bonds is 3. The van der Waals surface area contributed by atoms with Crippen LogP contribution in [0, 0.1) is 5.92 Å². The Hall–Kier alpha value is -1.30. The zero-order chi connectivity index (χ0) is 18.0. The van der Waals surface area contributed by atoms with Crippen LogP contribution in [0.5, 0.6) is 0 Å². The van der Waals surface area contributed by atoms with E-state index in [1.165, 1.54) is 12.8 Å². The van der Waals surface area contributed by atoms with Crippen molar-refractivity contribution < 1.29 is 14.3 Å². The van der Waals surface area contributed by atoms with Gasteiger partial charge in [0.15, 0.2) is 0 Å². The Balaban J connectivity index is 1.60. The fraction of sp³-hybridized carbons (Fsp3) is 0.895. The van der Waals surface area contributed by atoms with Crippen LogP contribution >= 0.6 is 0 Å². The zero-order valence-electron chi connectivity index (χ0n) is 15.8. The van der Waals surface area contributed by atoms with Gasteiger partial charge in [-0.3, -0.25) is 4.79 Å². The molecule has 6 nitrogen and oxygen atoms in total. The number of hydrogen-bond acceptors (Lipinski definition) is 4. The SMILES string of the molecule is CC(C)(C)OC(=O)N1CCCC1C1CCCC1NC1CCC(=O)NC1. The summed E-state index contributed by atoms with van der Waals surface area (Å²) in [6.45, 7) is 7.30. The van der Waals surface area contributed by atoms with E-state index < -0.39 is 5.60 Å². The molecule has 1 aliphatic carbocycles. The molecule has 3 rings (SSSR count). The van der Waals surface area contributed by atoms with Gasteiger partial charge < -0.3 is 20.3 Å². The minimum atomic E-state index is -0.447. The lowest BCUT2D eigenvalue weighted by Crippen LogP contribution is -2.53. The minimum absolute atomic E-state index is 0.160. The van der Waals surface area contributed by atoms with Crippen molar-refractivity contribution in [1.29, 1.82) is 0 Å². The van der Waals surface area contributed by atoms with Crippen LogP contribution in [0.4, 0.5) is 4.79 Å². The third-order valence-electron chi connectivity index (χ3n) is 5.71. The molecular weight excluding hydrogens is 318 g/mol. The van der Waals surface area contributed by atoms with Gasteiger partial charge in [0.1, 0.15) is 5.60 Å². The van der Waals surface area contributed by atoms with Crippen molar-refractivity contribution >= 4 is 12.0 Å². The molecule has 1 saturated carbocycles. The Bertz CT molecular complexity index is 493. The summed E-state index contributed by atoms with van der Waals surface area (Å²) in [5.74, 6) is 0.653. The van der Waals surface area contributed by atoms with Crippen LogP contribution in [0.1, 0.15) is 65.7 Å². The molecular formula is C19H33N3O3. The second-order valence-electron chi connectivity index (χ2n) is 8.79. The van der Waals surface area contributed by atoms with E-state index in [-0.39, 0.29) is 18.0 Å². The van der Waals surface area contributed by atoms with Crippen LogP contribution in [0.2, 0.25) is 0 Å². The van der Waals surface area contributed by atoms with Gasteiger partial charge in [0.05, 0.1) is 0 Å². The Morgan fingerprint density at radius 3 is 2.68 bits per heavy atom. The van der Waals surface area contributed by atoms with E-state index in [9.17, 15) is 9.59 Å². The molecule has 4 unspecified atom stereocenters. The molecule has 4 atom stereocenters. The molecule has 3 aliphatic rings. The normalized spacial score (nSPS) is 33.4. The maximum atomic E-state index is 12.6. The number of likely N-dealkylation sites (tertiary alicyclic amines) is 1. The summed E-state index contributed by atoms with van der Waals surface area (Å²) in [6.07, 6.45) is 7.04. The first-order valence-corrected chi connectivity index (χ1v) is 9.86. The molecule has 3 fully saturated rings. The maximum Gasteiger partial charge on any atom is 0.410 e. The van der Waals surface area contributed by atoms with E-state index in [1.807, 2.05) is 25.7 Å². The van der Waals surface area contributed by atoms with Crippen LogP contribution in [0.3, 0.4) is 0 Å². The second-order valence-corrected chi connectivity index (χ2v) is 8.79. The highest BCUT2D eigenvalue weighted by atomic mass is 16.6. The average Bonchev–Trinajstić information content (AvgIpc) is 3.16. The van der Waals surface area contributed by atoms with E-state index in [0.29, 0.717) is 24.4 Å². The van der Waals surface area contributed by atoms with Crippen molar-refractivity contribution in [2.45, 2.75) is 89.4 Å². The van der Waals surface area contributed by atoms with Crippen molar-refractivity contribution in [1.82, 2.24) is 15.5 Å². The van der Waals surface area contributed by atoms with Gasteiger partial charge in [-0.05, 0) is 58.8 Å². The summed E-state index contributed by atoms with van der Waals surface area (Å²) in [5.41, 5.74) is -0.447. The van der Waals surface area contributed by atoms with Crippen molar-refractivity contribution in [2.24, 2.45) is 5.92 Å². The summed E-state index contributed by atoms with van der Waals surface area (Å²) < 4.78 is 5.63. The Morgan fingerprint density at radius 1 is 1.20 bits per heavy atom. The number of nitrogens with zero attached hydrogens (tertiary/aromatic N) is 1. The average molecular weight is 351 g/mol. The van der Waals surface area contributed by atoms with E-state index in [2.05, 4.69) is 10.6 Å². The van der Waals surface area contributed by atoms with Crippen LogP contribution < -0.4 is 10.6 Å². The molecule has 6 heteroatoms. The molecule has 0 aromatic rings. The number of hydrogen-bond donors (Lipinski definition) is 2. The number of ether oxygens (including phenoxy) is 1. The van der Waals surface area contributed by atoms with Gasteiger partial charge in [-0.1, -0.05) is 6.42 Å². The Morgan fingerprint density at radius 2 is 2.00 bits per heavy atom. The highest BCUT2D eigenvalue weighted by Gasteiger charge is 2.42. The van der Waals surface area contributed by atoms with Crippen LogP contribution in [0.15, 0.2) is 0 Å². The highest BCUT2D eigenvalue weighted by molar-refractivity contribution is 5.76. The van der Waals surface area contributed by atoms with Gasteiger partial charge in [-0.25, -0.2) is 4.79 Å². The van der Waals surface area contributed by atoms with Gasteiger partial charge in [-0.2, -0.15) is 0 Å². The van der Waals surface area contributed by atoms with Gasteiger partial charge in [0, 0.05) is 37.6 Å².